The average molecular weight is 784 g/mol. The zero-order chi connectivity index (χ0) is 39.5. The second-order valence-corrected chi connectivity index (χ2v) is 20.1. The fourth-order valence-electron chi connectivity index (χ4n) is 5.54. The molecule has 51 heavy (non-hydrogen) atoms. The van der Waals surface area contributed by atoms with Gasteiger partial charge in [-0.2, -0.15) is 11.4 Å². The maximum Gasteiger partial charge on any atom is 2.00 e. The Morgan fingerprint density at radius 3 is 0.824 bits per heavy atom. The monoisotopic (exact) mass is 783 g/mol. The molecule has 0 aliphatic carbocycles. The SMILES string of the molecule is CC(C)(C)c1cccc(C(C)(C)C)c1O.CC(C)(C)c1cccc(C(C)(C)C)c1O.CCCC/C([N-]C(C)(C)C)=C(\CCCC)[N-]C(C)(C)C.[Zr+2]. The second-order valence-electron chi connectivity index (χ2n) is 20.1. The molecular weight excluding hydrogens is 704 g/mol. The van der Waals surface area contributed by atoms with Crippen molar-refractivity contribution in [1.29, 1.82) is 0 Å². The van der Waals surface area contributed by atoms with E-state index in [-0.39, 0.29) is 58.9 Å². The number of phenols is 2. The standard InChI is InChI=1S/C18H36N2.2C14H22O.Zr/c1-9-11-13-15(19-17(3,4)5)16(14-12-10-2)20-18(6,7)8;2*1-13(2,3)10-8-7-9-11(12(10)15)14(4,5)6;/h9-14H2,1-8H3;2*7-9,15H,1-6H3;/q-2;;;+2/b16-15-;;;. The van der Waals surface area contributed by atoms with E-state index >= 15 is 0 Å². The number of para-hydroxylation sites is 2. The summed E-state index contributed by atoms with van der Waals surface area (Å²) in [4.78, 5) is 0. The average Bonchev–Trinajstić information content (AvgIpc) is 2.90. The Kier molecular flexibility index (Phi) is 20.8. The molecule has 0 spiro atoms. The Bertz CT molecular complexity index is 1160. The van der Waals surface area contributed by atoms with Crippen LogP contribution in [0.2, 0.25) is 0 Å². The smallest absolute Gasteiger partial charge is 0.684 e. The van der Waals surface area contributed by atoms with E-state index in [1.807, 2.05) is 36.4 Å². The van der Waals surface area contributed by atoms with Crippen molar-refractivity contribution in [3.63, 3.8) is 0 Å². The molecule has 2 aromatic carbocycles. The Morgan fingerprint density at radius 2 is 0.667 bits per heavy atom. The molecule has 0 aromatic heterocycles. The Morgan fingerprint density at radius 1 is 0.451 bits per heavy atom. The van der Waals surface area contributed by atoms with Crippen molar-refractivity contribution in [3.05, 3.63) is 80.7 Å². The molecule has 5 heteroatoms. The number of aromatic hydroxyl groups is 2. The van der Waals surface area contributed by atoms with Crippen molar-refractivity contribution in [3.8, 4) is 11.5 Å². The number of allylic oxidation sites excluding steroid dienone is 2. The zero-order valence-corrected chi connectivity index (χ0v) is 39.5. The van der Waals surface area contributed by atoms with Gasteiger partial charge in [0.2, 0.25) is 0 Å². The Hall–Kier alpha value is -1.74. The van der Waals surface area contributed by atoms with Crippen LogP contribution < -0.4 is 0 Å². The largest absolute Gasteiger partial charge is 2.00 e. The van der Waals surface area contributed by atoms with Crippen molar-refractivity contribution in [2.24, 2.45) is 0 Å². The number of benzene rings is 2. The van der Waals surface area contributed by atoms with Crippen LogP contribution in [0, 0.1) is 0 Å². The summed E-state index contributed by atoms with van der Waals surface area (Å²) in [6, 6.07) is 12.1. The van der Waals surface area contributed by atoms with Gasteiger partial charge >= 0.3 is 26.2 Å². The van der Waals surface area contributed by atoms with Gasteiger partial charge in [0.15, 0.2) is 0 Å². The first kappa shape index (κ1) is 51.4. The van der Waals surface area contributed by atoms with Gasteiger partial charge in [0.1, 0.15) is 11.5 Å². The molecule has 0 unspecified atom stereocenters. The molecule has 2 aromatic rings. The van der Waals surface area contributed by atoms with Gasteiger partial charge in [-0.05, 0) is 43.9 Å². The van der Waals surface area contributed by atoms with E-state index in [1.54, 1.807) is 0 Å². The maximum atomic E-state index is 10.3. The van der Waals surface area contributed by atoms with Crippen LogP contribution in [-0.2, 0) is 47.9 Å². The molecule has 290 valence electrons. The summed E-state index contributed by atoms with van der Waals surface area (Å²) >= 11 is 0. The zero-order valence-electron chi connectivity index (χ0n) is 37.0. The third kappa shape index (κ3) is 19.8. The fourth-order valence-corrected chi connectivity index (χ4v) is 5.54. The van der Waals surface area contributed by atoms with Crippen molar-refractivity contribution in [2.75, 3.05) is 0 Å². The number of hydrogen-bond donors (Lipinski definition) is 2. The fraction of sp³-hybridized carbons (Fsp3) is 0.696. The minimum absolute atomic E-state index is 0. The number of phenolic OH excluding ortho intramolecular Hbond substituents is 2. The predicted octanol–water partition coefficient (Wildman–Crippen LogP) is 14.9. The van der Waals surface area contributed by atoms with E-state index in [2.05, 4.69) is 138 Å². The summed E-state index contributed by atoms with van der Waals surface area (Å²) in [7, 11) is 0. The van der Waals surface area contributed by atoms with E-state index in [4.69, 9.17) is 10.6 Å². The topological polar surface area (TPSA) is 68.7 Å². The molecule has 0 saturated heterocycles. The molecule has 4 nitrogen and oxygen atoms in total. The van der Waals surface area contributed by atoms with Crippen LogP contribution in [0.1, 0.15) is 199 Å². The number of rotatable bonds is 8. The molecule has 0 amide bonds. The van der Waals surface area contributed by atoms with E-state index in [1.165, 1.54) is 37.1 Å². The van der Waals surface area contributed by atoms with Crippen molar-refractivity contribution >= 4 is 0 Å². The normalized spacial score (nSPS) is 13.1. The van der Waals surface area contributed by atoms with Crippen molar-refractivity contribution in [2.45, 2.75) is 210 Å². The first-order valence-corrected chi connectivity index (χ1v) is 19.2. The summed E-state index contributed by atoms with van der Waals surface area (Å²) in [6.45, 7) is 43.0. The molecule has 2 N–H and O–H groups in total. The predicted molar refractivity (Wildman–Crippen MR) is 223 cm³/mol. The third-order valence-corrected chi connectivity index (χ3v) is 8.11. The van der Waals surface area contributed by atoms with E-state index < -0.39 is 0 Å². The first-order chi connectivity index (χ1) is 22.4. The minimum Gasteiger partial charge on any atom is -0.684 e. The van der Waals surface area contributed by atoms with Gasteiger partial charge in [0, 0.05) is 0 Å². The van der Waals surface area contributed by atoms with Crippen LogP contribution in [0.5, 0.6) is 11.5 Å². The number of hydrogen-bond acceptors (Lipinski definition) is 2. The summed E-state index contributed by atoms with van der Waals surface area (Å²) in [5, 5.41) is 30.5. The van der Waals surface area contributed by atoms with Gasteiger partial charge in [-0.3, -0.25) is 0 Å². The van der Waals surface area contributed by atoms with Crippen LogP contribution in [0.3, 0.4) is 0 Å². The number of unbranched alkanes of at least 4 members (excludes halogenated alkanes) is 2. The van der Waals surface area contributed by atoms with E-state index in [9.17, 15) is 10.2 Å². The van der Waals surface area contributed by atoms with Gasteiger partial charge in [-0.25, -0.2) is 0 Å². The Balaban J connectivity index is 0. The van der Waals surface area contributed by atoms with Crippen molar-refractivity contribution < 1.29 is 36.4 Å². The van der Waals surface area contributed by atoms with Gasteiger partial charge < -0.3 is 20.8 Å². The van der Waals surface area contributed by atoms with E-state index in [0.29, 0.717) is 11.5 Å². The summed E-state index contributed by atoms with van der Waals surface area (Å²) in [5.74, 6) is 0.912. The molecule has 2 rings (SSSR count). The number of nitrogens with zero attached hydrogens (tertiary/aromatic N) is 2. The summed E-state index contributed by atoms with van der Waals surface area (Å²) < 4.78 is 0. The van der Waals surface area contributed by atoms with Gasteiger partial charge in [-0.1, -0.05) is 213 Å². The minimum atomic E-state index is -0.0199. The Labute approximate surface area is 336 Å². The molecule has 0 bridgehead atoms. The second kappa shape index (κ2) is 20.6. The van der Waals surface area contributed by atoms with E-state index in [0.717, 1.165) is 35.1 Å². The van der Waals surface area contributed by atoms with Crippen LogP contribution in [0.4, 0.5) is 0 Å². The first-order valence-electron chi connectivity index (χ1n) is 19.2. The van der Waals surface area contributed by atoms with Crippen LogP contribution in [0.15, 0.2) is 47.8 Å². The molecule has 0 aliphatic rings. The molecule has 0 aliphatic heterocycles. The molecule has 0 atom stereocenters. The van der Waals surface area contributed by atoms with Crippen LogP contribution >= 0.6 is 0 Å². The summed E-state index contributed by atoms with van der Waals surface area (Å²) in [6.07, 6.45) is 6.94. The van der Waals surface area contributed by atoms with Gasteiger partial charge in [-0.15, -0.1) is 11.1 Å². The molecule has 0 radical (unpaired) electrons. The van der Waals surface area contributed by atoms with Gasteiger partial charge in [0.05, 0.1) is 0 Å². The van der Waals surface area contributed by atoms with Crippen LogP contribution in [0.25, 0.3) is 10.6 Å². The molecule has 0 saturated carbocycles. The molecule has 0 heterocycles. The van der Waals surface area contributed by atoms with Crippen LogP contribution in [-0.4, -0.2) is 21.3 Å². The quantitative estimate of drug-likeness (QED) is 0.280. The third-order valence-electron chi connectivity index (χ3n) is 8.11. The summed E-state index contributed by atoms with van der Waals surface area (Å²) in [5.41, 5.74) is 6.50. The van der Waals surface area contributed by atoms with Crippen molar-refractivity contribution in [1.82, 2.24) is 0 Å². The molecular formula is C46H80N2O2Zr. The van der Waals surface area contributed by atoms with Gasteiger partial charge in [0.25, 0.3) is 0 Å². The maximum absolute atomic E-state index is 10.3. The molecule has 0 fully saturated rings.